The van der Waals surface area contributed by atoms with E-state index in [-0.39, 0.29) is 5.02 Å². The van der Waals surface area contributed by atoms with Crippen LogP contribution in [0.5, 0.6) is 17.2 Å². The number of halogens is 2. The summed E-state index contributed by atoms with van der Waals surface area (Å²) >= 11 is 5.85. The molecule has 2 aromatic carbocycles. The molecule has 3 nitrogen and oxygen atoms in total. The molecule has 0 aliphatic rings. The summed E-state index contributed by atoms with van der Waals surface area (Å²) in [4.78, 5) is 0. The van der Waals surface area contributed by atoms with Gasteiger partial charge in [0.15, 0.2) is 0 Å². The van der Waals surface area contributed by atoms with E-state index in [1.54, 1.807) is 13.2 Å². The number of hydrogen-bond donors (Lipinski definition) is 1. The van der Waals surface area contributed by atoms with Crippen LogP contribution >= 0.6 is 11.6 Å². The molecule has 1 N–H and O–H groups in total. The molecule has 2 aromatic rings. The van der Waals surface area contributed by atoms with Crippen LogP contribution in [-0.2, 0) is 6.42 Å². The predicted octanol–water partition coefficient (Wildman–Crippen LogP) is 5.07. The molecule has 0 spiro atoms. The molecular weight excluding hydrogens is 317 g/mol. The van der Waals surface area contributed by atoms with Crippen molar-refractivity contribution in [2.24, 2.45) is 0 Å². The third kappa shape index (κ3) is 5.73. The van der Waals surface area contributed by atoms with Crippen molar-refractivity contribution >= 4 is 11.6 Å². The number of likely N-dealkylation sites (N-methyl/N-ethyl adjacent to an activating group) is 1. The Morgan fingerprint density at radius 1 is 1.13 bits per heavy atom. The van der Waals surface area contributed by atoms with Crippen molar-refractivity contribution in [2.75, 3.05) is 20.7 Å². The van der Waals surface area contributed by atoms with E-state index in [1.807, 2.05) is 39.1 Å². The van der Waals surface area contributed by atoms with Gasteiger partial charge in [-0.2, -0.15) is 0 Å². The SMILES string of the molecule is CC.CNCCc1cc(F)c(Cl)cc1Oc1cccc(OC)c1. The van der Waals surface area contributed by atoms with Gasteiger partial charge in [0.1, 0.15) is 23.1 Å². The summed E-state index contributed by atoms with van der Waals surface area (Å²) in [5, 5.41) is 3.07. The average molecular weight is 340 g/mol. The predicted molar refractivity (Wildman–Crippen MR) is 93.5 cm³/mol. The van der Waals surface area contributed by atoms with Gasteiger partial charge in [-0.1, -0.05) is 31.5 Å². The first-order valence-electron chi connectivity index (χ1n) is 7.58. The highest BCUT2D eigenvalue weighted by Crippen LogP contribution is 2.32. The Morgan fingerprint density at radius 2 is 1.83 bits per heavy atom. The molecule has 126 valence electrons. The second-order valence-electron chi connectivity index (χ2n) is 4.51. The van der Waals surface area contributed by atoms with Crippen LogP contribution in [0.1, 0.15) is 19.4 Å². The highest BCUT2D eigenvalue weighted by atomic mass is 35.5. The fourth-order valence-corrected chi connectivity index (χ4v) is 2.07. The lowest BCUT2D eigenvalue weighted by molar-refractivity contribution is 0.408. The van der Waals surface area contributed by atoms with E-state index in [1.165, 1.54) is 12.1 Å². The van der Waals surface area contributed by atoms with Gasteiger partial charge in [0.05, 0.1) is 12.1 Å². The lowest BCUT2D eigenvalue weighted by atomic mass is 10.1. The average Bonchev–Trinajstić information content (AvgIpc) is 2.58. The zero-order chi connectivity index (χ0) is 17.2. The van der Waals surface area contributed by atoms with Crippen LogP contribution in [0.3, 0.4) is 0 Å². The minimum absolute atomic E-state index is 0.0427. The van der Waals surface area contributed by atoms with Gasteiger partial charge in [-0.15, -0.1) is 0 Å². The Hall–Kier alpha value is -1.78. The monoisotopic (exact) mass is 339 g/mol. The van der Waals surface area contributed by atoms with Crippen LogP contribution < -0.4 is 14.8 Å². The summed E-state index contributed by atoms with van der Waals surface area (Å²) in [6.07, 6.45) is 0.643. The molecule has 0 amide bonds. The molecule has 0 saturated carbocycles. The Labute approximate surface area is 142 Å². The molecular formula is C18H23ClFNO2. The number of benzene rings is 2. The van der Waals surface area contributed by atoms with Gasteiger partial charge >= 0.3 is 0 Å². The van der Waals surface area contributed by atoms with Crippen molar-refractivity contribution in [3.63, 3.8) is 0 Å². The maximum Gasteiger partial charge on any atom is 0.142 e. The van der Waals surface area contributed by atoms with E-state index in [9.17, 15) is 4.39 Å². The highest BCUT2D eigenvalue weighted by Gasteiger charge is 2.11. The van der Waals surface area contributed by atoms with Gasteiger partial charge in [-0.05, 0) is 43.8 Å². The lowest BCUT2D eigenvalue weighted by Crippen LogP contribution is -2.11. The fraction of sp³-hybridized carbons (Fsp3) is 0.333. The van der Waals surface area contributed by atoms with Gasteiger partial charge in [-0.25, -0.2) is 4.39 Å². The van der Waals surface area contributed by atoms with Crippen molar-refractivity contribution in [1.29, 1.82) is 0 Å². The largest absolute Gasteiger partial charge is 0.497 e. The molecule has 0 aliphatic carbocycles. The quantitative estimate of drug-likeness (QED) is 0.797. The summed E-state index contributed by atoms with van der Waals surface area (Å²) in [6, 6.07) is 10.1. The first-order valence-corrected chi connectivity index (χ1v) is 7.96. The number of methoxy groups -OCH3 is 1. The number of ether oxygens (including phenoxy) is 2. The zero-order valence-corrected chi connectivity index (χ0v) is 14.7. The van der Waals surface area contributed by atoms with Crippen LogP contribution in [0.4, 0.5) is 4.39 Å². The maximum absolute atomic E-state index is 13.6. The van der Waals surface area contributed by atoms with Crippen molar-refractivity contribution in [2.45, 2.75) is 20.3 Å². The number of nitrogens with one attached hydrogen (secondary N) is 1. The van der Waals surface area contributed by atoms with Crippen molar-refractivity contribution in [3.05, 3.63) is 52.8 Å². The van der Waals surface area contributed by atoms with Crippen LogP contribution in [-0.4, -0.2) is 20.7 Å². The third-order valence-corrected chi connectivity index (χ3v) is 3.31. The summed E-state index contributed by atoms with van der Waals surface area (Å²) in [6.45, 7) is 4.72. The van der Waals surface area contributed by atoms with Crippen LogP contribution in [0, 0.1) is 5.82 Å². The van der Waals surface area contributed by atoms with E-state index in [2.05, 4.69) is 5.32 Å². The van der Waals surface area contributed by atoms with Gasteiger partial charge < -0.3 is 14.8 Å². The molecule has 5 heteroatoms. The van der Waals surface area contributed by atoms with Crippen molar-refractivity contribution in [3.8, 4) is 17.2 Å². The van der Waals surface area contributed by atoms with Crippen molar-refractivity contribution in [1.82, 2.24) is 5.32 Å². The molecule has 0 aromatic heterocycles. The van der Waals surface area contributed by atoms with Gasteiger partial charge in [-0.3, -0.25) is 0 Å². The molecule has 0 unspecified atom stereocenters. The molecule has 0 fully saturated rings. The van der Waals surface area contributed by atoms with Gasteiger partial charge in [0.2, 0.25) is 0 Å². The minimum Gasteiger partial charge on any atom is -0.497 e. The fourth-order valence-electron chi connectivity index (χ4n) is 1.91. The van der Waals surface area contributed by atoms with E-state index in [4.69, 9.17) is 21.1 Å². The zero-order valence-electron chi connectivity index (χ0n) is 14.0. The van der Waals surface area contributed by atoms with E-state index >= 15 is 0 Å². The topological polar surface area (TPSA) is 30.5 Å². The molecule has 23 heavy (non-hydrogen) atoms. The molecule has 0 bridgehead atoms. The lowest BCUT2D eigenvalue weighted by Gasteiger charge is -2.13. The van der Waals surface area contributed by atoms with E-state index in [0.29, 0.717) is 23.7 Å². The number of rotatable bonds is 6. The Morgan fingerprint density at radius 3 is 2.48 bits per heavy atom. The Balaban J connectivity index is 0.00000127. The number of hydrogen-bond acceptors (Lipinski definition) is 3. The van der Waals surface area contributed by atoms with E-state index < -0.39 is 5.82 Å². The van der Waals surface area contributed by atoms with Gasteiger partial charge in [0.25, 0.3) is 0 Å². The molecule has 0 aliphatic heterocycles. The highest BCUT2D eigenvalue weighted by molar-refractivity contribution is 6.30. The molecule has 0 radical (unpaired) electrons. The summed E-state index contributed by atoms with van der Waals surface area (Å²) in [5.74, 6) is 1.41. The van der Waals surface area contributed by atoms with Crippen molar-refractivity contribution < 1.29 is 13.9 Å². The smallest absolute Gasteiger partial charge is 0.142 e. The van der Waals surface area contributed by atoms with Crippen LogP contribution in [0.2, 0.25) is 5.02 Å². The second-order valence-corrected chi connectivity index (χ2v) is 4.92. The van der Waals surface area contributed by atoms with Crippen LogP contribution in [0.25, 0.3) is 0 Å². The minimum atomic E-state index is -0.444. The molecule has 0 heterocycles. The Bertz CT molecular complexity index is 620. The Kier molecular flexibility index (Phi) is 8.45. The first kappa shape index (κ1) is 19.3. The summed E-state index contributed by atoms with van der Waals surface area (Å²) in [7, 11) is 3.43. The standard InChI is InChI=1S/C16H17ClFNO2.C2H6/c1-19-7-6-11-8-15(18)14(17)10-16(11)21-13-5-3-4-12(9-13)20-2;1-2/h3-5,8-10,19H,6-7H2,1-2H3;1-2H3. The normalized spacial score (nSPS) is 9.83. The maximum atomic E-state index is 13.6. The summed E-state index contributed by atoms with van der Waals surface area (Å²) in [5.41, 5.74) is 0.758. The third-order valence-electron chi connectivity index (χ3n) is 3.02. The second kappa shape index (κ2) is 10.1. The molecule has 2 rings (SSSR count). The molecule has 0 saturated heterocycles. The summed E-state index contributed by atoms with van der Waals surface area (Å²) < 4.78 is 24.6. The van der Waals surface area contributed by atoms with Crippen LogP contribution in [0.15, 0.2) is 36.4 Å². The van der Waals surface area contributed by atoms with Gasteiger partial charge in [0, 0.05) is 12.1 Å². The van der Waals surface area contributed by atoms with E-state index in [0.717, 1.165) is 12.1 Å². The molecule has 0 atom stereocenters. The first-order chi connectivity index (χ1) is 11.1.